The number of hydrogen-bond donors (Lipinski definition) is 3. The number of aromatic amines is 1. The van der Waals surface area contributed by atoms with Gasteiger partial charge in [-0.1, -0.05) is 54.6 Å². The van der Waals surface area contributed by atoms with E-state index in [-0.39, 0.29) is 11.8 Å². The highest BCUT2D eigenvalue weighted by molar-refractivity contribution is 5.98. The normalized spacial score (nSPS) is 10.6. The summed E-state index contributed by atoms with van der Waals surface area (Å²) in [5, 5.41) is 6.75. The van der Waals surface area contributed by atoms with Crippen molar-refractivity contribution in [3.8, 4) is 5.75 Å². The zero-order valence-electron chi connectivity index (χ0n) is 17.6. The van der Waals surface area contributed by atoms with Crippen LogP contribution in [0.25, 0.3) is 10.9 Å². The van der Waals surface area contributed by atoms with Crippen LogP contribution in [0.4, 0.5) is 0 Å². The van der Waals surface area contributed by atoms with Crippen LogP contribution in [0.1, 0.15) is 32.8 Å². The average Bonchev–Trinajstić information content (AvgIpc) is 3.28. The van der Waals surface area contributed by atoms with Crippen LogP contribution in [0, 0.1) is 0 Å². The van der Waals surface area contributed by atoms with Gasteiger partial charge in [-0.15, -0.1) is 0 Å². The number of rotatable bonds is 9. The van der Waals surface area contributed by atoms with Crippen molar-refractivity contribution in [2.45, 2.75) is 13.0 Å². The molecule has 0 fully saturated rings. The van der Waals surface area contributed by atoms with Crippen molar-refractivity contribution in [1.29, 1.82) is 0 Å². The van der Waals surface area contributed by atoms with Gasteiger partial charge in [0.25, 0.3) is 11.8 Å². The molecule has 0 atom stereocenters. The highest BCUT2D eigenvalue weighted by Gasteiger charge is 2.09. The third-order valence-corrected chi connectivity index (χ3v) is 5.04. The molecule has 0 saturated carbocycles. The number of ether oxygens (including phenoxy) is 1. The van der Waals surface area contributed by atoms with Crippen LogP contribution in [0.15, 0.2) is 84.9 Å². The Morgan fingerprint density at radius 1 is 0.781 bits per heavy atom. The van der Waals surface area contributed by atoms with E-state index in [1.165, 1.54) is 0 Å². The topological polar surface area (TPSA) is 83.2 Å². The second kappa shape index (κ2) is 10.3. The second-order valence-electron chi connectivity index (χ2n) is 7.44. The number of nitrogens with one attached hydrogen (secondary N) is 3. The SMILES string of the molecule is O=C(NCCCNC(=O)c1cc2ccccc2[nH]1)c1cccc(OCc2ccccc2)c1. The lowest BCUT2D eigenvalue weighted by atomic mass is 10.2. The number of para-hydroxylation sites is 1. The standard InChI is InChI=1S/C26H25N3O3/c30-25(21-11-6-12-22(16-21)32-18-19-8-2-1-3-9-19)27-14-7-15-28-26(31)24-17-20-10-4-5-13-23(20)29-24/h1-6,8-13,16-17,29H,7,14-15,18H2,(H,27,30)(H,28,31). The average molecular weight is 428 g/mol. The highest BCUT2D eigenvalue weighted by Crippen LogP contribution is 2.16. The maximum atomic E-state index is 12.4. The number of amides is 2. The van der Waals surface area contributed by atoms with Gasteiger partial charge in [0, 0.05) is 29.6 Å². The summed E-state index contributed by atoms with van der Waals surface area (Å²) in [7, 11) is 0. The summed E-state index contributed by atoms with van der Waals surface area (Å²) in [5.74, 6) is 0.319. The van der Waals surface area contributed by atoms with E-state index in [4.69, 9.17) is 4.74 Å². The fraction of sp³-hybridized carbons (Fsp3) is 0.154. The molecule has 4 aromatic rings. The first-order valence-corrected chi connectivity index (χ1v) is 10.6. The number of aromatic nitrogens is 1. The van der Waals surface area contributed by atoms with Crippen LogP contribution in [0.3, 0.4) is 0 Å². The van der Waals surface area contributed by atoms with Crippen molar-refractivity contribution in [2.75, 3.05) is 13.1 Å². The zero-order chi connectivity index (χ0) is 22.2. The van der Waals surface area contributed by atoms with Crippen molar-refractivity contribution in [2.24, 2.45) is 0 Å². The Balaban J connectivity index is 1.19. The van der Waals surface area contributed by atoms with E-state index in [9.17, 15) is 9.59 Å². The van der Waals surface area contributed by atoms with Crippen molar-refractivity contribution in [3.05, 3.63) is 102 Å². The number of hydrogen-bond acceptors (Lipinski definition) is 3. The lowest BCUT2D eigenvalue weighted by Crippen LogP contribution is -2.30. The van der Waals surface area contributed by atoms with E-state index in [2.05, 4.69) is 15.6 Å². The second-order valence-corrected chi connectivity index (χ2v) is 7.44. The number of carbonyl (C=O) groups excluding carboxylic acids is 2. The molecule has 162 valence electrons. The summed E-state index contributed by atoms with van der Waals surface area (Å²) in [6.07, 6.45) is 0.627. The molecule has 3 aromatic carbocycles. The first kappa shape index (κ1) is 21.2. The summed E-state index contributed by atoms with van der Waals surface area (Å²) < 4.78 is 5.79. The van der Waals surface area contributed by atoms with Gasteiger partial charge in [-0.2, -0.15) is 0 Å². The molecular weight excluding hydrogens is 402 g/mol. The van der Waals surface area contributed by atoms with E-state index >= 15 is 0 Å². The van der Waals surface area contributed by atoms with Gasteiger partial charge < -0.3 is 20.4 Å². The minimum atomic E-state index is -0.169. The smallest absolute Gasteiger partial charge is 0.267 e. The monoisotopic (exact) mass is 427 g/mol. The van der Waals surface area contributed by atoms with E-state index in [1.54, 1.807) is 18.2 Å². The molecule has 0 radical (unpaired) electrons. The minimum Gasteiger partial charge on any atom is -0.489 e. The molecular formula is C26H25N3O3. The quantitative estimate of drug-likeness (QED) is 0.348. The summed E-state index contributed by atoms with van der Waals surface area (Å²) in [4.78, 5) is 27.8. The molecule has 0 saturated heterocycles. The maximum Gasteiger partial charge on any atom is 0.267 e. The van der Waals surface area contributed by atoms with Crippen LogP contribution < -0.4 is 15.4 Å². The van der Waals surface area contributed by atoms with Gasteiger partial charge >= 0.3 is 0 Å². The van der Waals surface area contributed by atoms with E-state index in [1.807, 2.05) is 66.7 Å². The van der Waals surface area contributed by atoms with Gasteiger partial charge in [-0.25, -0.2) is 0 Å². The van der Waals surface area contributed by atoms with Gasteiger partial charge in [0.2, 0.25) is 0 Å². The molecule has 1 aromatic heterocycles. The van der Waals surface area contributed by atoms with Crippen LogP contribution in [-0.2, 0) is 6.61 Å². The molecule has 0 bridgehead atoms. The van der Waals surface area contributed by atoms with Gasteiger partial charge in [0.05, 0.1) is 0 Å². The molecule has 0 unspecified atom stereocenters. The Kier molecular flexibility index (Phi) is 6.82. The molecule has 4 rings (SSSR count). The predicted octanol–water partition coefficient (Wildman–Crippen LogP) is 4.30. The Bertz CT molecular complexity index is 1170. The first-order valence-electron chi connectivity index (χ1n) is 10.6. The Hall–Kier alpha value is -4.06. The fourth-order valence-corrected chi connectivity index (χ4v) is 3.35. The van der Waals surface area contributed by atoms with Crippen molar-refractivity contribution in [1.82, 2.24) is 15.6 Å². The van der Waals surface area contributed by atoms with Crippen molar-refractivity contribution in [3.63, 3.8) is 0 Å². The lowest BCUT2D eigenvalue weighted by molar-refractivity contribution is 0.0948. The van der Waals surface area contributed by atoms with E-state index < -0.39 is 0 Å². The summed E-state index contributed by atoms with van der Waals surface area (Å²) in [6.45, 7) is 1.37. The summed E-state index contributed by atoms with van der Waals surface area (Å²) >= 11 is 0. The Labute approximate surface area is 186 Å². The molecule has 6 heteroatoms. The third-order valence-electron chi connectivity index (χ3n) is 5.04. The van der Waals surface area contributed by atoms with Crippen molar-refractivity contribution < 1.29 is 14.3 Å². The first-order chi connectivity index (χ1) is 15.7. The maximum absolute atomic E-state index is 12.4. The Morgan fingerprint density at radius 2 is 1.53 bits per heavy atom. The largest absolute Gasteiger partial charge is 0.489 e. The van der Waals surface area contributed by atoms with E-state index in [0.717, 1.165) is 16.5 Å². The fourth-order valence-electron chi connectivity index (χ4n) is 3.35. The molecule has 32 heavy (non-hydrogen) atoms. The van der Waals surface area contributed by atoms with Crippen LogP contribution >= 0.6 is 0 Å². The molecule has 2 amide bonds. The molecule has 0 aliphatic heterocycles. The van der Waals surface area contributed by atoms with Crippen LogP contribution in [0.5, 0.6) is 5.75 Å². The predicted molar refractivity (Wildman–Crippen MR) is 125 cm³/mol. The molecule has 1 heterocycles. The van der Waals surface area contributed by atoms with Crippen LogP contribution in [-0.4, -0.2) is 29.9 Å². The van der Waals surface area contributed by atoms with Gasteiger partial charge in [-0.05, 0) is 42.3 Å². The van der Waals surface area contributed by atoms with Gasteiger partial charge in [0.15, 0.2) is 0 Å². The van der Waals surface area contributed by atoms with Crippen molar-refractivity contribution >= 4 is 22.7 Å². The Morgan fingerprint density at radius 3 is 2.34 bits per heavy atom. The van der Waals surface area contributed by atoms with E-state index in [0.29, 0.717) is 43.1 Å². The van der Waals surface area contributed by atoms with Gasteiger partial charge in [0.1, 0.15) is 18.1 Å². The highest BCUT2D eigenvalue weighted by atomic mass is 16.5. The minimum absolute atomic E-state index is 0.157. The van der Waals surface area contributed by atoms with Gasteiger partial charge in [-0.3, -0.25) is 9.59 Å². The number of H-pyrrole nitrogens is 1. The third kappa shape index (κ3) is 5.55. The summed E-state index contributed by atoms with van der Waals surface area (Å²) in [6, 6.07) is 26.6. The van der Waals surface area contributed by atoms with Crippen LogP contribution in [0.2, 0.25) is 0 Å². The number of fused-ring (bicyclic) bond motifs is 1. The molecule has 0 aliphatic rings. The molecule has 0 spiro atoms. The molecule has 0 aliphatic carbocycles. The number of carbonyl (C=O) groups is 2. The molecule has 6 nitrogen and oxygen atoms in total. The zero-order valence-corrected chi connectivity index (χ0v) is 17.6. The lowest BCUT2D eigenvalue weighted by Gasteiger charge is -2.09. The summed E-state index contributed by atoms with van der Waals surface area (Å²) in [5.41, 5.74) is 3.07. The molecule has 3 N–H and O–H groups in total. The number of benzene rings is 3.